The molecule has 0 amide bonds. The van der Waals surface area contributed by atoms with Crippen LogP contribution in [0, 0.1) is 0 Å². The van der Waals surface area contributed by atoms with Gasteiger partial charge in [-0.15, -0.1) is 0 Å². The van der Waals surface area contributed by atoms with Crippen molar-refractivity contribution in [1.82, 2.24) is 9.36 Å². The van der Waals surface area contributed by atoms with Crippen LogP contribution in [0.1, 0.15) is 15.9 Å². The monoisotopic (exact) mass is 376 g/mol. The number of nitrogens with zero attached hydrogens (tertiary/aromatic N) is 2. The number of halogens is 1. The highest BCUT2D eigenvalue weighted by molar-refractivity contribution is 7.10. The van der Waals surface area contributed by atoms with Gasteiger partial charge in [-0.05, 0) is 41.4 Å². The minimum absolute atomic E-state index is 0.0874. The predicted molar refractivity (Wildman–Crippen MR) is 106 cm³/mol. The number of aromatic nitrogens is 2. The molecule has 0 atom stereocenters. The molecule has 4 aromatic rings. The summed E-state index contributed by atoms with van der Waals surface area (Å²) >= 11 is 7.33. The van der Waals surface area contributed by atoms with Gasteiger partial charge in [0, 0.05) is 28.5 Å². The van der Waals surface area contributed by atoms with Gasteiger partial charge in [0.15, 0.2) is 5.78 Å². The maximum Gasteiger partial charge on any atom is 0.198 e. The molecule has 0 aliphatic carbocycles. The number of carbonyl (C=O) groups is 1. The molecule has 0 spiro atoms. The van der Waals surface area contributed by atoms with Gasteiger partial charge in [-0.1, -0.05) is 54.1 Å². The van der Waals surface area contributed by atoms with Crippen LogP contribution in [-0.2, 0) is 0 Å². The van der Waals surface area contributed by atoms with E-state index in [9.17, 15) is 4.79 Å². The van der Waals surface area contributed by atoms with Crippen LogP contribution in [0.5, 0.6) is 0 Å². The molecule has 0 saturated heterocycles. The first kappa shape index (κ1) is 16.6. The molecule has 126 valence electrons. The Hall–Kier alpha value is -2.82. The van der Waals surface area contributed by atoms with E-state index in [0.717, 1.165) is 16.0 Å². The maximum atomic E-state index is 13.3. The van der Waals surface area contributed by atoms with Crippen LogP contribution in [0.4, 0.5) is 0 Å². The first-order valence-electron chi connectivity index (χ1n) is 8.00. The highest BCUT2D eigenvalue weighted by Gasteiger charge is 2.24. The van der Waals surface area contributed by atoms with Gasteiger partial charge in [-0.2, -0.15) is 4.37 Å². The van der Waals surface area contributed by atoms with Crippen molar-refractivity contribution in [1.29, 1.82) is 0 Å². The molecule has 0 N–H and O–H groups in total. The first-order chi connectivity index (χ1) is 12.7. The van der Waals surface area contributed by atoms with Gasteiger partial charge in [0.1, 0.15) is 0 Å². The molecule has 0 aliphatic heterocycles. The Balaban J connectivity index is 1.92. The van der Waals surface area contributed by atoms with Crippen LogP contribution in [0.3, 0.4) is 0 Å². The standard InChI is InChI=1S/C21H13ClN2OS/c22-17-10-8-14(9-11-17)19-18(20(25)16-7-4-12-23-13-16)21(26-24-19)15-5-2-1-3-6-15/h1-13H. The van der Waals surface area contributed by atoms with Crippen molar-refractivity contribution < 1.29 is 4.79 Å². The van der Waals surface area contributed by atoms with E-state index in [1.165, 1.54) is 11.5 Å². The van der Waals surface area contributed by atoms with Crippen molar-refractivity contribution in [3.63, 3.8) is 0 Å². The lowest BCUT2D eigenvalue weighted by atomic mass is 9.97. The van der Waals surface area contributed by atoms with Crippen molar-refractivity contribution in [3.05, 3.63) is 95.3 Å². The van der Waals surface area contributed by atoms with Crippen molar-refractivity contribution in [3.8, 4) is 21.7 Å². The summed E-state index contributed by atoms with van der Waals surface area (Å²) in [6, 6.07) is 20.7. The zero-order valence-electron chi connectivity index (χ0n) is 13.6. The van der Waals surface area contributed by atoms with Crippen molar-refractivity contribution in [2.45, 2.75) is 0 Å². The van der Waals surface area contributed by atoms with Gasteiger partial charge < -0.3 is 0 Å². The normalized spacial score (nSPS) is 10.7. The molecular weight excluding hydrogens is 364 g/mol. The van der Waals surface area contributed by atoms with Gasteiger partial charge in [0.25, 0.3) is 0 Å². The highest BCUT2D eigenvalue weighted by atomic mass is 35.5. The lowest BCUT2D eigenvalue weighted by molar-refractivity contribution is 0.104. The maximum absolute atomic E-state index is 13.3. The van der Waals surface area contributed by atoms with Crippen molar-refractivity contribution >= 4 is 28.9 Å². The summed E-state index contributed by atoms with van der Waals surface area (Å²) in [6.07, 6.45) is 3.24. The molecule has 5 heteroatoms. The summed E-state index contributed by atoms with van der Waals surface area (Å²) in [7, 11) is 0. The summed E-state index contributed by atoms with van der Waals surface area (Å²) in [6.45, 7) is 0. The van der Waals surface area contributed by atoms with Gasteiger partial charge in [0.05, 0.1) is 16.1 Å². The van der Waals surface area contributed by atoms with Crippen molar-refractivity contribution in [2.24, 2.45) is 0 Å². The van der Waals surface area contributed by atoms with E-state index in [1.54, 1.807) is 36.7 Å². The van der Waals surface area contributed by atoms with E-state index >= 15 is 0 Å². The van der Waals surface area contributed by atoms with E-state index in [1.807, 2.05) is 42.5 Å². The van der Waals surface area contributed by atoms with Crippen LogP contribution >= 0.6 is 23.1 Å². The van der Waals surface area contributed by atoms with Crippen LogP contribution in [-0.4, -0.2) is 15.1 Å². The number of benzene rings is 2. The topological polar surface area (TPSA) is 42.9 Å². The second-order valence-corrected chi connectivity index (χ2v) is 6.89. The smallest absolute Gasteiger partial charge is 0.198 e. The highest BCUT2D eigenvalue weighted by Crippen LogP contribution is 2.37. The van der Waals surface area contributed by atoms with Crippen LogP contribution in [0.2, 0.25) is 5.02 Å². The zero-order valence-corrected chi connectivity index (χ0v) is 15.2. The van der Waals surface area contributed by atoms with Gasteiger partial charge in [0.2, 0.25) is 0 Å². The van der Waals surface area contributed by atoms with Crippen LogP contribution in [0.25, 0.3) is 21.7 Å². The van der Waals surface area contributed by atoms with E-state index < -0.39 is 0 Å². The average Bonchev–Trinajstić information content (AvgIpc) is 3.14. The fourth-order valence-corrected chi connectivity index (χ4v) is 3.76. The Morgan fingerprint density at radius 3 is 2.35 bits per heavy atom. The van der Waals surface area contributed by atoms with E-state index in [0.29, 0.717) is 21.8 Å². The van der Waals surface area contributed by atoms with Crippen LogP contribution in [0.15, 0.2) is 79.1 Å². The molecule has 3 nitrogen and oxygen atoms in total. The number of hydrogen-bond donors (Lipinski definition) is 0. The zero-order chi connectivity index (χ0) is 17.9. The largest absolute Gasteiger partial charge is 0.288 e. The van der Waals surface area contributed by atoms with Crippen molar-refractivity contribution in [2.75, 3.05) is 0 Å². The minimum atomic E-state index is -0.0874. The molecule has 0 aliphatic rings. The van der Waals surface area contributed by atoms with E-state index in [2.05, 4.69) is 9.36 Å². The molecule has 0 unspecified atom stereocenters. The van der Waals surface area contributed by atoms with E-state index in [-0.39, 0.29) is 5.78 Å². The van der Waals surface area contributed by atoms with Crippen LogP contribution < -0.4 is 0 Å². The second kappa shape index (κ2) is 7.20. The van der Waals surface area contributed by atoms with Gasteiger partial charge >= 0.3 is 0 Å². The SMILES string of the molecule is O=C(c1cccnc1)c1c(-c2ccc(Cl)cc2)nsc1-c1ccccc1. The molecule has 4 rings (SSSR count). The molecule has 0 bridgehead atoms. The molecular formula is C21H13ClN2OS. The third-order valence-corrected chi connectivity index (χ3v) is 5.14. The molecule has 2 heterocycles. The first-order valence-corrected chi connectivity index (χ1v) is 9.15. The lowest BCUT2D eigenvalue weighted by Crippen LogP contribution is -2.04. The third-order valence-electron chi connectivity index (χ3n) is 4.00. The minimum Gasteiger partial charge on any atom is -0.288 e. The number of pyridine rings is 1. The average molecular weight is 377 g/mol. The molecule has 0 radical (unpaired) electrons. The van der Waals surface area contributed by atoms with Gasteiger partial charge in [-0.3, -0.25) is 9.78 Å². The number of ketones is 1. The Labute approximate surface area is 160 Å². The summed E-state index contributed by atoms with van der Waals surface area (Å²) in [4.78, 5) is 18.2. The molecule has 0 saturated carbocycles. The molecule has 26 heavy (non-hydrogen) atoms. The Morgan fingerprint density at radius 2 is 1.65 bits per heavy atom. The predicted octanol–water partition coefficient (Wildman–Crippen LogP) is 5.76. The second-order valence-electron chi connectivity index (χ2n) is 5.68. The summed E-state index contributed by atoms with van der Waals surface area (Å²) in [5.41, 5.74) is 3.63. The lowest BCUT2D eigenvalue weighted by Gasteiger charge is -2.06. The Kier molecular flexibility index (Phi) is 4.61. The molecule has 2 aromatic carbocycles. The fourth-order valence-electron chi connectivity index (χ4n) is 2.73. The summed E-state index contributed by atoms with van der Waals surface area (Å²) in [5, 5.41) is 0.646. The number of carbonyl (C=O) groups excluding carboxylic acids is 1. The fraction of sp³-hybridized carbons (Fsp3) is 0. The summed E-state index contributed by atoms with van der Waals surface area (Å²) in [5.74, 6) is -0.0874. The number of rotatable bonds is 4. The summed E-state index contributed by atoms with van der Waals surface area (Å²) < 4.78 is 4.60. The Morgan fingerprint density at radius 1 is 0.885 bits per heavy atom. The number of hydrogen-bond acceptors (Lipinski definition) is 4. The quantitative estimate of drug-likeness (QED) is 0.425. The van der Waals surface area contributed by atoms with Gasteiger partial charge in [-0.25, -0.2) is 0 Å². The van der Waals surface area contributed by atoms with E-state index in [4.69, 9.17) is 11.6 Å². The Bertz CT molecular complexity index is 1040. The molecule has 0 fully saturated rings. The third kappa shape index (κ3) is 3.17. The molecule has 2 aromatic heterocycles.